The molecule has 3 aromatic rings. The molecule has 0 amide bonds. The molecule has 0 fully saturated rings. The number of fused-ring (bicyclic) bond motifs is 1. The van der Waals surface area contributed by atoms with Crippen molar-refractivity contribution in [2.75, 3.05) is 14.2 Å². The Balaban J connectivity index is 1.97. The molecule has 3 N–H and O–H groups in total. The summed E-state index contributed by atoms with van der Waals surface area (Å²) in [6.45, 7) is 1.28. The molecule has 1 aliphatic rings. The van der Waals surface area contributed by atoms with Gasteiger partial charge in [-0.2, -0.15) is 5.26 Å². The van der Waals surface area contributed by atoms with E-state index in [-0.39, 0.29) is 34.6 Å². The minimum atomic E-state index is -0.633. The Morgan fingerprint density at radius 2 is 1.84 bits per heavy atom. The van der Waals surface area contributed by atoms with Crippen molar-refractivity contribution >= 4 is 5.97 Å². The van der Waals surface area contributed by atoms with E-state index in [0.717, 1.165) is 5.56 Å². The van der Waals surface area contributed by atoms with Gasteiger partial charge in [-0.3, -0.25) is 9.89 Å². The lowest BCUT2D eigenvalue weighted by Gasteiger charge is -2.25. The Morgan fingerprint density at radius 3 is 2.41 bits per heavy atom. The molecule has 0 aliphatic carbocycles. The van der Waals surface area contributed by atoms with Crippen molar-refractivity contribution in [1.29, 1.82) is 5.26 Å². The molecule has 32 heavy (non-hydrogen) atoms. The molecule has 4 rings (SSSR count). The summed E-state index contributed by atoms with van der Waals surface area (Å²) in [6.07, 6.45) is 0. The fourth-order valence-corrected chi connectivity index (χ4v) is 3.71. The normalized spacial score (nSPS) is 14.8. The minimum Gasteiger partial charge on any atom is -0.493 e. The lowest BCUT2D eigenvalue weighted by molar-refractivity contribution is -0.132. The first-order chi connectivity index (χ1) is 15.5. The maximum absolute atomic E-state index is 11.6. The number of aromatic nitrogens is 2. The number of hydrogen-bond acceptors (Lipinski definition) is 8. The van der Waals surface area contributed by atoms with Gasteiger partial charge in [0, 0.05) is 6.92 Å². The number of rotatable bonds is 5. The number of nitrogens with two attached hydrogens (primary N) is 1. The average molecular weight is 432 g/mol. The quantitative estimate of drug-likeness (QED) is 0.464. The second-order valence-electron chi connectivity index (χ2n) is 6.96. The topological polar surface area (TPSA) is 132 Å². The Bertz CT molecular complexity index is 1230. The molecular formula is C23H20N4O5. The summed E-state index contributed by atoms with van der Waals surface area (Å²) in [7, 11) is 2.90. The van der Waals surface area contributed by atoms with E-state index < -0.39 is 11.9 Å². The van der Waals surface area contributed by atoms with Gasteiger partial charge in [0.25, 0.3) is 0 Å². The SMILES string of the molecule is COc1cc([C@@H]2C(C#N)=C(N)Oc3n[nH]c(-c4ccccc4)c32)cc(OC)c1OC(C)=O. The number of allylic oxidation sites excluding steroid dienone is 1. The third-order valence-electron chi connectivity index (χ3n) is 5.06. The zero-order chi connectivity index (χ0) is 22.8. The molecule has 1 aromatic heterocycles. The molecule has 0 saturated heterocycles. The predicted octanol–water partition coefficient (Wildman–Crippen LogP) is 3.24. The Hall–Kier alpha value is -4.45. The minimum absolute atomic E-state index is 0.0434. The predicted molar refractivity (Wildman–Crippen MR) is 114 cm³/mol. The zero-order valence-corrected chi connectivity index (χ0v) is 17.6. The van der Waals surface area contributed by atoms with Crippen molar-refractivity contribution in [2.24, 2.45) is 5.73 Å². The summed E-state index contributed by atoms with van der Waals surface area (Å²) < 4.78 is 21.8. The van der Waals surface area contributed by atoms with Crippen LogP contribution < -0.4 is 24.7 Å². The Morgan fingerprint density at radius 1 is 1.19 bits per heavy atom. The molecule has 162 valence electrons. The molecule has 1 atom stereocenters. The first kappa shape index (κ1) is 20.8. The molecule has 0 radical (unpaired) electrons. The molecule has 0 saturated carbocycles. The number of nitriles is 1. The van der Waals surface area contributed by atoms with Gasteiger partial charge in [-0.15, -0.1) is 5.10 Å². The fourth-order valence-electron chi connectivity index (χ4n) is 3.71. The Labute approximate surface area is 184 Å². The maximum atomic E-state index is 11.6. The molecule has 2 heterocycles. The van der Waals surface area contributed by atoms with Crippen LogP contribution in [0.2, 0.25) is 0 Å². The maximum Gasteiger partial charge on any atom is 0.308 e. The van der Waals surface area contributed by atoms with Crippen molar-refractivity contribution in [1.82, 2.24) is 10.2 Å². The number of nitrogens with zero attached hydrogens (tertiary/aromatic N) is 2. The van der Waals surface area contributed by atoms with Gasteiger partial charge in [0.1, 0.15) is 11.6 Å². The largest absolute Gasteiger partial charge is 0.493 e. The summed E-state index contributed by atoms with van der Waals surface area (Å²) in [4.78, 5) is 11.6. The molecule has 9 nitrogen and oxygen atoms in total. The van der Waals surface area contributed by atoms with E-state index in [1.807, 2.05) is 30.3 Å². The van der Waals surface area contributed by atoms with E-state index in [2.05, 4.69) is 16.3 Å². The van der Waals surface area contributed by atoms with Gasteiger partial charge >= 0.3 is 5.97 Å². The highest BCUT2D eigenvalue weighted by atomic mass is 16.6. The summed E-state index contributed by atoms with van der Waals surface area (Å²) in [5.41, 5.74) is 9.09. The summed E-state index contributed by atoms with van der Waals surface area (Å²) >= 11 is 0. The number of H-pyrrole nitrogens is 1. The van der Waals surface area contributed by atoms with Crippen LogP contribution in [0.4, 0.5) is 0 Å². The molecule has 0 spiro atoms. The first-order valence-electron chi connectivity index (χ1n) is 9.64. The monoisotopic (exact) mass is 432 g/mol. The van der Waals surface area contributed by atoms with Gasteiger partial charge in [0.2, 0.25) is 17.5 Å². The van der Waals surface area contributed by atoms with E-state index in [1.54, 1.807) is 12.1 Å². The fraction of sp³-hybridized carbons (Fsp3) is 0.174. The third-order valence-corrected chi connectivity index (χ3v) is 5.06. The lowest BCUT2D eigenvalue weighted by atomic mass is 9.82. The van der Waals surface area contributed by atoms with Crippen LogP contribution in [0.25, 0.3) is 11.3 Å². The van der Waals surface area contributed by atoms with E-state index >= 15 is 0 Å². The smallest absolute Gasteiger partial charge is 0.308 e. The number of benzene rings is 2. The number of aromatic amines is 1. The summed E-state index contributed by atoms with van der Waals surface area (Å²) in [5, 5.41) is 17.2. The lowest BCUT2D eigenvalue weighted by Crippen LogP contribution is -2.21. The van der Waals surface area contributed by atoms with Crippen LogP contribution in [0.15, 0.2) is 53.9 Å². The van der Waals surface area contributed by atoms with Gasteiger partial charge in [-0.25, -0.2) is 0 Å². The van der Waals surface area contributed by atoms with Crippen LogP contribution in [0.3, 0.4) is 0 Å². The van der Waals surface area contributed by atoms with Gasteiger partial charge in [-0.05, 0) is 23.3 Å². The molecule has 0 bridgehead atoms. The molecule has 9 heteroatoms. The second-order valence-corrected chi connectivity index (χ2v) is 6.96. The number of carbonyl (C=O) groups is 1. The molecule has 2 aromatic carbocycles. The van der Waals surface area contributed by atoms with Crippen molar-refractivity contribution in [2.45, 2.75) is 12.8 Å². The van der Waals surface area contributed by atoms with Gasteiger partial charge in [0.15, 0.2) is 11.5 Å². The number of methoxy groups -OCH3 is 2. The van der Waals surface area contributed by atoms with Crippen LogP contribution in [-0.4, -0.2) is 30.4 Å². The van der Waals surface area contributed by atoms with Crippen molar-refractivity contribution < 1.29 is 23.7 Å². The highest BCUT2D eigenvalue weighted by Gasteiger charge is 2.36. The second kappa shape index (κ2) is 8.35. The van der Waals surface area contributed by atoms with Gasteiger partial charge in [0.05, 0.1) is 31.4 Å². The number of esters is 1. The van der Waals surface area contributed by atoms with Gasteiger partial charge < -0.3 is 24.7 Å². The summed E-state index contributed by atoms with van der Waals surface area (Å²) in [5.74, 6) is -0.251. The standard InChI is InChI=1S/C23H20N4O5/c1-12(28)31-21-16(29-2)9-14(10-17(21)30-3)18-15(11-24)22(25)32-23-19(18)20(26-27-23)13-7-5-4-6-8-13/h4-10,18H,25H2,1-3H3,(H,26,27)/t18-/m1/s1. The van der Waals surface area contributed by atoms with E-state index in [9.17, 15) is 10.1 Å². The van der Waals surface area contributed by atoms with Crippen LogP contribution in [0, 0.1) is 11.3 Å². The molecule has 1 aliphatic heterocycles. The van der Waals surface area contributed by atoms with Crippen LogP contribution in [-0.2, 0) is 4.79 Å². The highest BCUT2D eigenvalue weighted by molar-refractivity contribution is 5.74. The van der Waals surface area contributed by atoms with Crippen molar-refractivity contribution in [3.63, 3.8) is 0 Å². The highest BCUT2D eigenvalue weighted by Crippen LogP contribution is 2.49. The number of nitrogens with one attached hydrogen (secondary N) is 1. The van der Waals surface area contributed by atoms with E-state index in [0.29, 0.717) is 16.8 Å². The van der Waals surface area contributed by atoms with E-state index in [4.69, 9.17) is 24.7 Å². The van der Waals surface area contributed by atoms with Crippen molar-refractivity contribution in [3.05, 3.63) is 65.0 Å². The summed E-state index contributed by atoms with van der Waals surface area (Å²) in [6, 6.07) is 15.0. The zero-order valence-electron chi connectivity index (χ0n) is 17.6. The number of ether oxygens (including phenoxy) is 4. The average Bonchev–Trinajstić information content (AvgIpc) is 3.21. The third kappa shape index (κ3) is 3.48. The van der Waals surface area contributed by atoms with Crippen LogP contribution in [0.1, 0.15) is 24.0 Å². The first-order valence-corrected chi connectivity index (χ1v) is 9.64. The van der Waals surface area contributed by atoms with Gasteiger partial charge in [-0.1, -0.05) is 30.3 Å². The van der Waals surface area contributed by atoms with Crippen LogP contribution in [0.5, 0.6) is 23.1 Å². The Kier molecular flexibility index (Phi) is 5.43. The van der Waals surface area contributed by atoms with E-state index in [1.165, 1.54) is 21.1 Å². The van der Waals surface area contributed by atoms with Crippen LogP contribution >= 0.6 is 0 Å². The molecular weight excluding hydrogens is 412 g/mol. The molecule has 0 unspecified atom stereocenters. The van der Waals surface area contributed by atoms with Crippen molar-refractivity contribution in [3.8, 4) is 40.5 Å². The number of hydrogen-bond donors (Lipinski definition) is 2. The number of carbonyl (C=O) groups excluding carboxylic acids is 1.